The second kappa shape index (κ2) is 5.12. The highest BCUT2D eigenvalue weighted by atomic mass is 35.5. The first-order valence-electron chi connectivity index (χ1n) is 3.62. The number of rotatable bonds is 2. The van der Waals surface area contributed by atoms with Gasteiger partial charge in [0.1, 0.15) is 6.67 Å². The van der Waals surface area contributed by atoms with Gasteiger partial charge in [-0.25, -0.2) is 4.39 Å². The zero-order valence-electron chi connectivity index (χ0n) is 6.96. The molecule has 0 amide bonds. The molecule has 0 spiro atoms. The largest absolute Gasteiger partial charge is 0.322 e. The lowest BCUT2D eigenvalue weighted by Gasteiger charge is -2.09. The average Bonchev–Trinajstić information content (AvgIpc) is 2.04. The summed E-state index contributed by atoms with van der Waals surface area (Å²) >= 11 is 0. The topological polar surface area (TPSA) is 26.0 Å². The Bertz CT molecular complexity index is 240. The van der Waals surface area contributed by atoms with Crippen LogP contribution in [0.5, 0.6) is 0 Å². The number of aryl methyl sites for hydroxylation is 1. The molecule has 0 aliphatic rings. The van der Waals surface area contributed by atoms with Gasteiger partial charge in [-0.1, -0.05) is 24.3 Å². The molecule has 0 bridgehead atoms. The van der Waals surface area contributed by atoms with E-state index in [0.717, 1.165) is 11.1 Å². The van der Waals surface area contributed by atoms with Gasteiger partial charge in [0.15, 0.2) is 0 Å². The summed E-state index contributed by atoms with van der Waals surface area (Å²) in [5, 5.41) is 0. The van der Waals surface area contributed by atoms with Crippen LogP contribution in [0.1, 0.15) is 17.2 Å². The van der Waals surface area contributed by atoms with Crippen LogP contribution in [0.2, 0.25) is 0 Å². The average molecular weight is 190 g/mol. The smallest absolute Gasteiger partial charge is 0.109 e. The number of benzene rings is 1. The molecule has 0 aromatic heterocycles. The molecule has 0 aliphatic carbocycles. The lowest BCUT2D eigenvalue weighted by molar-refractivity contribution is 0.436. The predicted molar refractivity (Wildman–Crippen MR) is 51.3 cm³/mol. The fourth-order valence-electron chi connectivity index (χ4n) is 1.09. The van der Waals surface area contributed by atoms with Crippen LogP contribution in [-0.4, -0.2) is 6.67 Å². The maximum absolute atomic E-state index is 12.1. The van der Waals surface area contributed by atoms with Crippen molar-refractivity contribution >= 4 is 12.4 Å². The van der Waals surface area contributed by atoms with E-state index >= 15 is 0 Å². The minimum atomic E-state index is -0.495. The van der Waals surface area contributed by atoms with Gasteiger partial charge in [-0.3, -0.25) is 0 Å². The van der Waals surface area contributed by atoms with Gasteiger partial charge >= 0.3 is 0 Å². The van der Waals surface area contributed by atoms with Crippen molar-refractivity contribution in [2.75, 3.05) is 6.67 Å². The third-order valence-electron chi connectivity index (χ3n) is 1.75. The standard InChI is InChI=1S/C9H12FN.ClH/c1-7-4-2-3-5-8(7)9(11)6-10;/h2-5,9H,6,11H2,1H3;1H/t9-;/m0./s1. The molecule has 0 heterocycles. The molecule has 68 valence electrons. The second-order valence-electron chi connectivity index (χ2n) is 2.62. The maximum Gasteiger partial charge on any atom is 0.109 e. The number of hydrogen-bond donors (Lipinski definition) is 1. The Morgan fingerprint density at radius 2 is 2.00 bits per heavy atom. The molecular formula is C9H13ClFN. The van der Waals surface area contributed by atoms with Gasteiger partial charge in [-0.2, -0.15) is 0 Å². The van der Waals surface area contributed by atoms with Crippen LogP contribution in [0.3, 0.4) is 0 Å². The Balaban J connectivity index is 0.00000121. The van der Waals surface area contributed by atoms with Gasteiger partial charge in [0.2, 0.25) is 0 Å². The molecule has 0 saturated carbocycles. The van der Waals surface area contributed by atoms with Crippen LogP contribution < -0.4 is 5.73 Å². The zero-order valence-corrected chi connectivity index (χ0v) is 7.77. The van der Waals surface area contributed by atoms with Crippen LogP contribution in [0.15, 0.2) is 24.3 Å². The molecule has 12 heavy (non-hydrogen) atoms. The number of alkyl halides is 1. The Morgan fingerprint density at radius 1 is 1.42 bits per heavy atom. The highest BCUT2D eigenvalue weighted by Gasteiger charge is 2.06. The van der Waals surface area contributed by atoms with E-state index in [9.17, 15) is 4.39 Å². The van der Waals surface area contributed by atoms with Crippen LogP contribution in [0.25, 0.3) is 0 Å². The highest BCUT2D eigenvalue weighted by Crippen LogP contribution is 2.14. The van der Waals surface area contributed by atoms with E-state index in [1.165, 1.54) is 0 Å². The zero-order chi connectivity index (χ0) is 8.27. The molecule has 1 atom stereocenters. The van der Waals surface area contributed by atoms with E-state index in [1.807, 2.05) is 31.2 Å². The van der Waals surface area contributed by atoms with Gasteiger partial charge in [0, 0.05) is 0 Å². The first kappa shape index (κ1) is 11.4. The molecule has 1 aromatic carbocycles. The molecule has 0 aliphatic heterocycles. The summed E-state index contributed by atoms with van der Waals surface area (Å²) in [5.74, 6) is 0. The molecule has 1 aromatic rings. The first-order chi connectivity index (χ1) is 5.25. The van der Waals surface area contributed by atoms with Gasteiger partial charge in [0.25, 0.3) is 0 Å². The van der Waals surface area contributed by atoms with Crippen molar-refractivity contribution in [2.24, 2.45) is 5.73 Å². The van der Waals surface area contributed by atoms with Crippen molar-refractivity contribution in [3.63, 3.8) is 0 Å². The molecule has 3 heteroatoms. The monoisotopic (exact) mass is 189 g/mol. The Kier molecular flexibility index (Phi) is 4.86. The van der Waals surface area contributed by atoms with Crippen LogP contribution in [-0.2, 0) is 0 Å². The van der Waals surface area contributed by atoms with E-state index in [2.05, 4.69) is 0 Å². The van der Waals surface area contributed by atoms with E-state index in [0.29, 0.717) is 0 Å². The third-order valence-corrected chi connectivity index (χ3v) is 1.75. The van der Waals surface area contributed by atoms with Crippen LogP contribution >= 0.6 is 12.4 Å². The summed E-state index contributed by atoms with van der Waals surface area (Å²) in [6.07, 6.45) is 0. The molecule has 2 N–H and O–H groups in total. The molecular weight excluding hydrogens is 177 g/mol. The van der Waals surface area contributed by atoms with E-state index < -0.39 is 12.7 Å². The normalized spacial score (nSPS) is 11.9. The SMILES string of the molecule is Cc1ccccc1[C@@H](N)CF.Cl. The first-order valence-corrected chi connectivity index (χ1v) is 3.62. The number of halogens is 2. The molecule has 1 rings (SSSR count). The van der Waals surface area contributed by atoms with Gasteiger partial charge in [0.05, 0.1) is 6.04 Å². The van der Waals surface area contributed by atoms with Crippen LogP contribution in [0, 0.1) is 6.92 Å². The minimum absolute atomic E-state index is 0. The van der Waals surface area contributed by atoms with E-state index in [1.54, 1.807) is 0 Å². The quantitative estimate of drug-likeness (QED) is 0.760. The van der Waals surface area contributed by atoms with Crippen molar-refractivity contribution in [3.8, 4) is 0 Å². The third kappa shape index (κ3) is 2.47. The van der Waals surface area contributed by atoms with Crippen molar-refractivity contribution < 1.29 is 4.39 Å². The van der Waals surface area contributed by atoms with E-state index in [-0.39, 0.29) is 12.4 Å². The molecule has 0 saturated heterocycles. The van der Waals surface area contributed by atoms with Crippen molar-refractivity contribution in [3.05, 3.63) is 35.4 Å². The summed E-state index contributed by atoms with van der Waals surface area (Å²) < 4.78 is 12.1. The van der Waals surface area contributed by atoms with Gasteiger partial charge < -0.3 is 5.73 Å². The van der Waals surface area contributed by atoms with Gasteiger partial charge in [-0.15, -0.1) is 12.4 Å². The maximum atomic E-state index is 12.1. The molecule has 0 fully saturated rings. The summed E-state index contributed by atoms with van der Waals surface area (Å²) in [6.45, 7) is 1.44. The predicted octanol–water partition coefficient (Wildman–Crippen LogP) is 2.39. The summed E-state index contributed by atoms with van der Waals surface area (Å²) in [6, 6.07) is 7.13. The summed E-state index contributed by atoms with van der Waals surface area (Å²) in [7, 11) is 0. The second-order valence-corrected chi connectivity index (χ2v) is 2.62. The van der Waals surface area contributed by atoms with Gasteiger partial charge in [-0.05, 0) is 18.1 Å². The highest BCUT2D eigenvalue weighted by molar-refractivity contribution is 5.85. The minimum Gasteiger partial charge on any atom is -0.322 e. The van der Waals surface area contributed by atoms with Crippen molar-refractivity contribution in [1.82, 2.24) is 0 Å². The van der Waals surface area contributed by atoms with Crippen molar-refractivity contribution in [1.29, 1.82) is 0 Å². The Morgan fingerprint density at radius 3 is 2.50 bits per heavy atom. The molecule has 0 radical (unpaired) electrons. The summed E-state index contributed by atoms with van der Waals surface area (Å²) in [4.78, 5) is 0. The Labute approximate surface area is 78.2 Å². The van der Waals surface area contributed by atoms with E-state index in [4.69, 9.17) is 5.73 Å². The lowest BCUT2D eigenvalue weighted by atomic mass is 10.0. The van der Waals surface area contributed by atoms with Crippen LogP contribution in [0.4, 0.5) is 4.39 Å². The Hall–Kier alpha value is -0.600. The molecule has 0 unspecified atom stereocenters. The van der Waals surface area contributed by atoms with Crippen molar-refractivity contribution in [2.45, 2.75) is 13.0 Å². The number of hydrogen-bond acceptors (Lipinski definition) is 1. The fraction of sp³-hybridized carbons (Fsp3) is 0.333. The molecule has 1 nitrogen and oxygen atoms in total. The lowest BCUT2D eigenvalue weighted by Crippen LogP contribution is -2.13. The fourth-order valence-corrected chi connectivity index (χ4v) is 1.09. The number of nitrogens with two attached hydrogens (primary N) is 1. The summed E-state index contributed by atoms with van der Waals surface area (Å²) in [5.41, 5.74) is 7.47.